The van der Waals surface area contributed by atoms with Gasteiger partial charge < -0.3 is 9.84 Å². The molecule has 1 aromatic carbocycles. The Morgan fingerprint density at radius 3 is 2.86 bits per heavy atom. The van der Waals surface area contributed by atoms with Gasteiger partial charge >= 0.3 is 5.97 Å². The zero-order valence-corrected chi connectivity index (χ0v) is 13.3. The van der Waals surface area contributed by atoms with Crippen LogP contribution in [0.3, 0.4) is 0 Å². The lowest BCUT2D eigenvalue weighted by atomic mass is 9.97. The minimum atomic E-state index is -0.834. The molecule has 3 nitrogen and oxygen atoms in total. The summed E-state index contributed by atoms with van der Waals surface area (Å²) in [6, 6.07) is 9.07. The van der Waals surface area contributed by atoms with E-state index in [4.69, 9.17) is 16.3 Å². The summed E-state index contributed by atoms with van der Waals surface area (Å²) < 4.78 is 5.69. The first-order chi connectivity index (χ1) is 10.1. The number of benzene rings is 1. The molecule has 2 rings (SSSR count). The maximum absolute atomic E-state index is 11.5. The third kappa shape index (κ3) is 4.22. The Hall–Kier alpha value is -1.52. The van der Waals surface area contributed by atoms with Gasteiger partial charge in [0.15, 0.2) is 0 Å². The van der Waals surface area contributed by atoms with Gasteiger partial charge in [0.25, 0.3) is 0 Å². The molecule has 1 atom stereocenters. The van der Waals surface area contributed by atoms with E-state index in [1.807, 2.05) is 24.4 Å². The highest BCUT2D eigenvalue weighted by Gasteiger charge is 2.23. The number of carboxylic acids is 1. The lowest BCUT2D eigenvalue weighted by molar-refractivity contribution is -0.138. The summed E-state index contributed by atoms with van der Waals surface area (Å²) in [4.78, 5) is 12.4. The van der Waals surface area contributed by atoms with Gasteiger partial charge in [-0.1, -0.05) is 24.6 Å². The molecule has 0 spiro atoms. The summed E-state index contributed by atoms with van der Waals surface area (Å²) >= 11 is 7.49. The number of halogens is 1. The number of ether oxygens (including phenoxy) is 1. The second-order valence-corrected chi connectivity index (χ2v) is 6.13. The van der Waals surface area contributed by atoms with Crippen LogP contribution < -0.4 is 4.74 Å². The molecule has 0 radical (unpaired) electrons. The monoisotopic (exact) mass is 324 g/mol. The first-order valence-corrected chi connectivity index (χ1v) is 8.05. The quantitative estimate of drug-likeness (QED) is 0.809. The van der Waals surface area contributed by atoms with Gasteiger partial charge in [-0.05, 0) is 48.1 Å². The molecule has 112 valence electrons. The van der Waals surface area contributed by atoms with Crippen LogP contribution in [0.5, 0.6) is 5.75 Å². The molecule has 0 aliphatic carbocycles. The molecule has 0 saturated carbocycles. The predicted molar refractivity (Wildman–Crippen MR) is 85.6 cm³/mol. The van der Waals surface area contributed by atoms with Crippen LogP contribution in [0, 0.1) is 0 Å². The highest BCUT2D eigenvalue weighted by Crippen LogP contribution is 2.31. The SMILES string of the molecule is CCCOc1ccc(Cl)cc1CC(C(=O)O)c1cccs1. The van der Waals surface area contributed by atoms with Crippen molar-refractivity contribution in [3.05, 3.63) is 51.2 Å². The molecular weight excluding hydrogens is 308 g/mol. The van der Waals surface area contributed by atoms with E-state index in [2.05, 4.69) is 0 Å². The molecule has 21 heavy (non-hydrogen) atoms. The van der Waals surface area contributed by atoms with Crippen molar-refractivity contribution in [1.29, 1.82) is 0 Å². The van der Waals surface area contributed by atoms with Crippen LogP contribution in [0.25, 0.3) is 0 Å². The Morgan fingerprint density at radius 1 is 1.43 bits per heavy atom. The van der Waals surface area contributed by atoms with Gasteiger partial charge in [-0.3, -0.25) is 4.79 Å². The van der Waals surface area contributed by atoms with Crippen LogP contribution in [0.1, 0.15) is 29.7 Å². The Kier molecular flexibility index (Phi) is 5.65. The predicted octanol–water partition coefficient (Wildman–Crippen LogP) is 4.60. The number of aliphatic carboxylic acids is 1. The lowest BCUT2D eigenvalue weighted by Gasteiger charge is -2.15. The highest BCUT2D eigenvalue weighted by atomic mass is 35.5. The van der Waals surface area contributed by atoms with Crippen molar-refractivity contribution in [2.45, 2.75) is 25.7 Å². The standard InChI is InChI=1S/C16H17ClO3S/c1-2-7-20-14-6-5-12(17)9-11(14)10-13(16(18)19)15-4-3-8-21-15/h3-6,8-9,13H,2,7,10H2,1H3,(H,18,19). The van der Waals surface area contributed by atoms with Crippen LogP contribution in [-0.2, 0) is 11.2 Å². The van der Waals surface area contributed by atoms with Gasteiger partial charge in [-0.25, -0.2) is 0 Å². The Morgan fingerprint density at radius 2 is 2.24 bits per heavy atom. The Bertz CT molecular complexity index is 596. The zero-order chi connectivity index (χ0) is 15.2. The van der Waals surface area contributed by atoms with Gasteiger partial charge in [-0.2, -0.15) is 0 Å². The molecule has 0 saturated heterocycles. The van der Waals surface area contributed by atoms with Gasteiger partial charge in [0.1, 0.15) is 5.75 Å². The van der Waals surface area contributed by atoms with E-state index in [1.54, 1.807) is 18.2 Å². The molecule has 0 amide bonds. The van der Waals surface area contributed by atoms with E-state index in [-0.39, 0.29) is 0 Å². The summed E-state index contributed by atoms with van der Waals surface area (Å²) in [5, 5.41) is 11.9. The molecule has 0 bridgehead atoms. The lowest BCUT2D eigenvalue weighted by Crippen LogP contribution is -2.14. The average Bonchev–Trinajstić information content (AvgIpc) is 2.97. The minimum absolute atomic E-state index is 0.370. The zero-order valence-electron chi connectivity index (χ0n) is 11.7. The average molecular weight is 325 g/mol. The first-order valence-electron chi connectivity index (χ1n) is 6.79. The number of rotatable bonds is 7. The van der Waals surface area contributed by atoms with Crippen LogP contribution >= 0.6 is 22.9 Å². The third-order valence-corrected chi connectivity index (χ3v) is 4.31. The fraction of sp³-hybridized carbons (Fsp3) is 0.312. The van der Waals surface area contributed by atoms with E-state index >= 15 is 0 Å². The van der Waals surface area contributed by atoms with E-state index < -0.39 is 11.9 Å². The van der Waals surface area contributed by atoms with Crippen LogP contribution in [0.15, 0.2) is 35.7 Å². The maximum atomic E-state index is 11.5. The largest absolute Gasteiger partial charge is 0.493 e. The van der Waals surface area contributed by atoms with Crippen molar-refractivity contribution >= 4 is 28.9 Å². The van der Waals surface area contributed by atoms with Gasteiger partial charge in [0, 0.05) is 9.90 Å². The molecule has 1 heterocycles. The van der Waals surface area contributed by atoms with E-state index in [0.717, 1.165) is 16.9 Å². The molecule has 2 aromatic rings. The van der Waals surface area contributed by atoms with E-state index in [1.165, 1.54) is 11.3 Å². The van der Waals surface area contributed by atoms with Gasteiger partial charge in [0.2, 0.25) is 0 Å². The van der Waals surface area contributed by atoms with Crippen molar-refractivity contribution in [1.82, 2.24) is 0 Å². The second kappa shape index (κ2) is 7.48. The molecule has 1 N–H and O–H groups in total. The topological polar surface area (TPSA) is 46.5 Å². The number of carboxylic acid groups (broad SMARTS) is 1. The smallest absolute Gasteiger partial charge is 0.312 e. The highest BCUT2D eigenvalue weighted by molar-refractivity contribution is 7.10. The number of carbonyl (C=O) groups is 1. The Balaban J connectivity index is 2.27. The van der Waals surface area contributed by atoms with Gasteiger partial charge in [0.05, 0.1) is 12.5 Å². The van der Waals surface area contributed by atoms with Crippen molar-refractivity contribution in [3.63, 3.8) is 0 Å². The summed E-state index contributed by atoms with van der Waals surface area (Å²) in [5.41, 5.74) is 0.830. The second-order valence-electron chi connectivity index (χ2n) is 4.71. The minimum Gasteiger partial charge on any atom is -0.493 e. The van der Waals surface area contributed by atoms with Crippen molar-refractivity contribution in [2.24, 2.45) is 0 Å². The summed E-state index contributed by atoms with van der Waals surface area (Å²) in [6.45, 7) is 2.63. The fourth-order valence-electron chi connectivity index (χ4n) is 2.08. The number of hydrogen-bond donors (Lipinski definition) is 1. The molecule has 0 aliphatic heterocycles. The van der Waals surface area contributed by atoms with Crippen LogP contribution in [0.2, 0.25) is 5.02 Å². The van der Waals surface area contributed by atoms with E-state index in [0.29, 0.717) is 23.8 Å². The Labute approximate surface area is 133 Å². The van der Waals surface area contributed by atoms with Crippen molar-refractivity contribution in [2.75, 3.05) is 6.61 Å². The molecule has 5 heteroatoms. The summed E-state index contributed by atoms with van der Waals surface area (Å²) in [5.74, 6) is -0.699. The van der Waals surface area contributed by atoms with Gasteiger partial charge in [-0.15, -0.1) is 11.3 Å². The normalized spacial score (nSPS) is 12.1. The molecular formula is C16H17ClO3S. The fourth-order valence-corrected chi connectivity index (χ4v) is 3.09. The van der Waals surface area contributed by atoms with Crippen molar-refractivity contribution in [3.8, 4) is 5.75 Å². The molecule has 0 aliphatic rings. The molecule has 1 unspecified atom stereocenters. The van der Waals surface area contributed by atoms with E-state index in [9.17, 15) is 9.90 Å². The van der Waals surface area contributed by atoms with Crippen LogP contribution in [0.4, 0.5) is 0 Å². The molecule has 1 aromatic heterocycles. The summed E-state index contributed by atoms with van der Waals surface area (Å²) in [7, 11) is 0. The summed E-state index contributed by atoms with van der Waals surface area (Å²) in [6.07, 6.45) is 1.27. The third-order valence-electron chi connectivity index (χ3n) is 3.09. The number of thiophene rings is 1. The van der Waals surface area contributed by atoms with Crippen LogP contribution in [-0.4, -0.2) is 17.7 Å². The number of hydrogen-bond acceptors (Lipinski definition) is 3. The first kappa shape index (κ1) is 15.9. The van der Waals surface area contributed by atoms with Crippen molar-refractivity contribution < 1.29 is 14.6 Å². The maximum Gasteiger partial charge on any atom is 0.312 e. The molecule has 0 fully saturated rings.